The highest BCUT2D eigenvalue weighted by atomic mass is 35.5. The van der Waals surface area contributed by atoms with Crippen LogP contribution in [0.15, 0.2) is 46.1 Å². The Morgan fingerprint density at radius 1 is 1.24 bits per heavy atom. The Labute approximate surface area is 204 Å². The van der Waals surface area contributed by atoms with Gasteiger partial charge in [-0.3, -0.25) is 9.62 Å². The van der Waals surface area contributed by atoms with Crippen LogP contribution < -0.4 is 9.62 Å². The van der Waals surface area contributed by atoms with Crippen LogP contribution in [0.5, 0.6) is 0 Å². The molecule has 3 aromatic rings. The second-order valence-corrected chi connectivity index (χ2v) is 11.0. The number of likely N-dealkylation sites (N-methyl/N-ethyl adjacent to an activating group) is 1. The second-order valence-electron chi connectivity index (χ2n) is 7.74. The average Bonchev–Trinajstić information content (AvgIpc) is 3.43. The molecular formula is C21H20Cl2F2N4O2S2. The third kappa shape index (κ3) is 5.41. The first-order valence-corrected chi connectivity index (χ1v) is 13.1. The Hall–Kier alpha value is -1.98. The molecule has 0 saturated carbocycles. The quantitative estimate of drug-likeness (QED) is 0.450. The van der Waals surface area contributed by atoms with Gasteiger partial charge in [0.25, 0.3) is 10.0 Å². The van der Waals surface area contributed by atoms with Crippen molar-refractivity contribution in [1.29, 1.82) is 0 Å². The number of halogens is 4. The number of hydrogen-bond donors (Lipinski definition) is 1. The van der Waals surface area contributed by atoms with Crippen LogP contribution in [-0.2, 0) is 16.6 Å². The summed E-state index contributed by atoms with van der Waals surface area (Å²) in [5.74, 6) is -1.12. The van der Waals surface area contributed by atoms with Crippen LogP contribution in [-0.4, -0.2) is 44.5 Å². The van der Waals surface area contributed by atoms with Crippen molar-refractivity contribution in [2.24, 2.45) is 0 Å². The number of sulfonamides is 1. The highest BCUT2D eigenvalue weighted by molar-refractivity contribution is 7.92. The van der Waals surface area contributed by atoms with E-state index >= 15 is 0 Å². The minimum absolute atomic E-state index is 0.0141. The maximum absolute atomic E-state index is 14.9. The van der Waals surface area contributed by atoms with Gasteiger partial charge in [0.15, 0.2) is 5.82 Å². The third-order valence-corrected chi connectivity index (χ3v) is 8.03. The summed E-state index contributed by atoms with van der Waals surface area (Å²) in [4.78, 5) is 7.20. The molecule has 0 aliphatic carbocycles. The van der Waals surface area contributed by atoms with E-state index in [2.05, 4.69) is 14.6 Å². The number of anilines is 2. The Morgan fingerprint density at radius 2 is 2.03 bits per heavy atom. The van der Waals surface area contributed by atoms with Crippen LogP contribution in [0, 0.1) is 11.6 Å². The Morgan fingerprint density at radius 3 is 2.76 bits per heavy atom. The smallest absolute Gasteiger partial charge is 0.266 e. The molecule has 2 heterocycles. The summed E-state index contributed by atoms with van der Waals surface area (Å²) in [5, 5.41) is 2.08. The standard InChI is InChI=1S/C21H20Cl2F2N4O2S2/c1-28(15-4-5-29(10-15)9-13-6-14(22)2-3-17(13)24)19-8-18(25)20(7-16(19)23)33(30,31)27-21-11-32-12-26-21/h2-3,6-8,11-12,15,27H,4-5,9-10H2,1H3/t15-/m0/s1. The number of likely N-dealkylation sites (tertiary alicyclic amines) is 1. The van der Waals surface area contributed by atoms with Crippen LogP contribution >= 0.6 is 34.5 Å². The first kappa shape index (κ1) is 24.2. The summed E-state index contributed by atoms with van der Waals surface area (Å²) >= 11 is 13.6. The Kier molecular flexibility index (Phi) is 7.11. The van der Waals surface area contributed by atoms with Gasteiger partial charge in [-0.25, -0.2) is 22.2 Å². The van der Waals surface area contributed by atoms with E-state index in [1.54, 1.807) is 13.1 Å². The van der Waals surface area contributed by atoms with E-state index in [9.17, 15) is 17.2 Å². The molecular weight excluding hydrogens is 513 g/mol. The van der Waals surface area contributed by atoms with Crippen molar-refractivity contribution in [2.45, 2.75) is 23.9 Å². The van der Waals surface area contributed by atoms with Crippen molar-refractivity contribution < 1.29 is 17.2 Å². The number of rotatable bonds is 7. The molecule has 2 aromatic carbocycles. The van der Waals surface area contributed by atoms with Gasteiger partial charge in [0, 0.05) is 54.8 Å². The molecule has 1 saturated heterocycles. The van der Waals surface area contributed by atoms with E-state index in [1.807, 2.05) is 4.90 Å². The first-order chi connectivity index (χ1) is 15.6. The molecule has 1 aliphatic rings. The summed E-state index contributed by atoms with van der Waals surface area (Å²) in [6.07, 6.45) is 0.752. The predicted octanol–water partition coefficient (Wildman–Crippen LogP) is 5.24. The van der Waals surface area contributed by atoms with Crippen molar-refractivity contribution in [2.75, 3.05) is 29.8 Å². The van der Waals surface area contributed by atoms with Gasteiger partial charge in [0.2, 0.25) is 0 Å². The highest BCUT2D eigenvalue weighted by Gasteiger charge is 2.29. The van der Waals surface area contributed by atoms with Crippen LogP contribution in [0.1, 0.15) is 12.0 Å². The maximum atomic E-state index is 14.9. The lowest BCUT2D eigenvalue weighted by atomic mass is 10.2. The van der Waals surface area contributed by atoms with Crippen LogP contribution in [0.25, 0.3) is 0 Å². The van der Waals surface area contributed by atoms with E-state index in [4.69, 9.17) is 23.2 Å². The van der Waals surface area contributed by atoms with Crippen molar-refractivity contribution >= 4 is 56.1 Å². The predicted molar refractivity (Wildman–Crippen MR) is 128 cm³/mol. The van der Waals surface area contributed by atoms with Crippen molar-refractivity contribution in [3.05, 3.63) is 68.5 Å². The van der Waals surface area contributed by atoms with Crippen molar-refractivity contribution in [3.8, 4) is 0 Å². The number of nitrogens with zero attached hydrogens (tertiary/aromatic N) is 3. The molecule has 1 aliphatic heterocycles. The minimum Gasteiger partial charge on any atom is -0.369 e. The molecule has 0 amide bonds. The SMILES string of the molecule is CN(c1cc(F)c(S(=O)(=O)Nc2cscn2)cc1Cl)[C@H]1CCN(Cc2cc(Cl)ccc2F)C1. The topological polar surface area (TPSA) is 65.5 Å². The summed E-state index contributed by atoms with van der Waals surface area (Å²) in [6, 6.07) is 6.67. The van der Waals surface area contributed by atoms with E-state index in [1.165, 1.54) is 34.4 Å². The normalized spacial score (nSPS) is 16.8. The molecule has 4 rings (SSSR count). The molecule has 1 aromatic heterocycles. The largest absolute Gasteiger partial charge is 0.369 e. The molecule has 176 valence electrons. The molecule has 6 nitrogen and oxygen atoms in total. The fourth-order valence-electron chi connectivity index (χ4n) is 3.82. The summed E-state index contributed by atoms with van der Waals surface area (Å²) in [6.45, 7) is 1.72. The molecule has 0 radical (unpaired) electrons. The van der Waals surface area contributed by atoms with Gasteiger partial charge in [-0.15, -0.1) is 11.3 Å². The Balaban J connectivity index is 1.49. The van der Waals surface area contributed by atoms with Gasteiger partial charge in [-0.1, -0.05) is 23.2 Å². The van der Waals surface area contributed by atoms with Gasteiger partial charge < -0.3 is 4.90 Å². The van der Waals surface area contributed by atoms with Gasteiger partial charge in [0.1, 0.15) is 16.5 Å². The van der Waals surface area contributed by atoms with Crippen LogP contribution in [0.4, 0.5) is 20.3 Å². The van der Waals surface area contributed by atoms with Gasteiger partial charge >= 0.3 is 0 Å². The lowest BCUT2D eigenvalue weighted by Crippen LogP contribution is -2.34. The fourth-order valence-corrected chi connectivity index (χ4v) is 6.02. The second kappa shape index (κ2) is 9.71. The molecule has 0 spiro atoms. The summed E-state index contributed by atoms with van der Waals surface area (Å²) < 4.78 is 56.3. The molecule has 12 heteroatoms. The lowest BCUT2D eigenvalue weighted by Gasteiger charge is -2.28. The van der Waals surface area contributed by atoms with Crippen LogP contribution in [0.3, 0.4) is 0 Å². The molecule has 1 atom stereocenters. The summed E-state index contributed by atoms with van der Waals surface area (Å²) in [5.41, 5.74) is 2.35. The number of hydrogen-bond acceptors (Lipinski definition) is 6. The zero-order valence-corrected chi connectivity index (χ0v) is 20.6. The highest BCUT2D eigenvalue weighted by Crippen LogP contribution is 2.34. The minimum atomic E-state index is -4.19. The number of thiazole rings is 1. The van der Waals surface area contributed by atoms with E-state index in [0.717, 1.165) is 18.6 Å². The lowest BCUT2D eigenvalue weighted by molar-refractivity contribution is 0.320. The van der Waals surface area contributed by atoms with E-state index in [0.29, 0.717) is 35.9 Å². The van der Waals surface area contributed by atoms with Gasteiger partial charge in [0.05, 0.1) is 16.2 Å². The summed E-state index contributed by atoms with van der Waals surface area (Å²) in [7, 11) is -2.41. The first-order valence-electron chi connectivity index (χ1n) is 9.93. The molecule has 33 heavy (non-hydrogen) atoms. The maximum Gasteiger partial charge on any atom is 0.266 e. The number of nitrogens with one attached hydrogen (secondary N) is 1. The average molecular weight is 533 g/mol. The van der Waals surface area contributed by atoms with Gasteiger partial charge in [-0.05, 0) is 30.7 Å². The van der Waals surface area contributed by atoms with E-state index < -0.39 is 20.7 Å². The fraction of sp³-hybridized carbons (Fsp3) is 0.286. The molecule has 0 unspecified atom stereocenters. The zero-order valence-electron chi connectivity index (χ0n) is 17.4. The third-order valence-electron chi connectivity index (χ3n) is 5.54. The molecule has 0 bridgehead atoms. The number of aromatic nitrogens is 1. The zero-order chi connectivity index (χ0) is 23.8. The van der Waals surface area contributed by atoms with E-state index in [-0.39, 0.29) is 22.7 Å². The van der Waals surface area contributed by atoms with Gasteiger partial charge in [-0.2, -0.15) is 0 Å². The monoisotopic (exact) mass is 532 g/mol. The molecule has 1 fully saturated rings. The van der Waals surface area contributed by atoms with Crippen molar-refractivity contribution in [3.63, 3.8) is 0 Å². The van der Waals surface area contributed by atoms with Crippen LogP contribution in [0.2, 0.25) is 10.0 Å². The Bertz CT molecular complexity index is 1260. The van der Waals surface area contributed by atoms with Crippen molar-refractivity contribution in [1.82, 2.24) is 9.88 Å². The molecule has 1 N–H and O–H groups in total. The number of benzene rings is 2.